The third-order valence-electron chi connectivity index (χ3n) is 1.20. The van der Waals surface area contributed by atoms with Crippen molar-refractivity contribution >= 4 is 0 Å². The Morgan fingerprint density at radius 2 is 1.69 bits per heavy atom. The summed E-state index contributed by atoms with van der Waals surface area (Å²) in [6.07, 6.45) is 0.0219. The van der Waals surface area contributed by atoms with E-state index in [0.29, 0.717) is 6.42 Å². The van der Waals surface area contributed by atoms with Gasteiger partial charge in [0.25, 0.3) is 16.5 Å². The van der Waals surface area contributed by atoms with Crippen molar-refractivity contribution in [3.63, 3.8) is 0 Å². The summed E-state index contributed by atoms with van der Waals surface area (Å²) < 4.78 is 0. The zero-order chi connectivity index (χ0) is 10.3. The summed E-state index contributed by atoms with van der Waals surface area (Å²) in [5.41, 5.74) is 0. The molecule has 0 N–H and O–H groups in total. The van der Waals surface area contributed by atoms with Crippen molar-refractivity contribution in [2.75, 3.05) is 0 Å². The quantitative estimate of drug-likeness (QED) is 0.339. The van der Waals surface area contributed by atoms with Crippen LogP contribution in [0, 0.1) is 20.2 Å². The molecule has 0 spiro atoms. The van der Waals surface area contributed by atoms with Crippen LogP contribution >= 0.6 is 0 Å². The van der Waals surface area contributed by atoms with Gasteiger partial charge in [-0.05, 0) is 12.8 Å². The van der Waals surface area contributed by atoms with E-state index in [2.05, 4.69) is 9.68 Å². The fraction of sp³-hybridized carbons (Fsp3) is 1.00. The summed E-state index contributed by atoms with van der Waals surface area (Å²) in [4.78, 5) is 27.5. The first-order chi connectivity index (χ1) is 6.06. The van der Waals surface area contributed by atoms with Crippen LogP contribution < -0.4 is 0 Å². The topological polar surface area (TPSA) is 105 Å². The molecule has 0 aromatic rings. The second-order valence-corrected chi connectivity index (χ2v) is 2.23. The largest absolute Gasteiger partial charge is 0.296 e. The van der Waals surface area contributed by atoms with Crippen LogP contribution in [-0.2, 0) is 9.68 Å². The highest BCUT2D eigenvalue weighted by Crippen LogP contribution is 2.06. The molecule has 13 heavy (non-hydrogen) atoms. The average molecular weight is 194 g/mol. The molecule has 0 radical (unpaired) electrons. The molecule has 0 aliphatic rings. The second-order valence-electron chi connectivity index (χ2n) is 2.23. The predicted molar refractivity (Wildman–Crippen MR) is 39.5 cm³/mol. The SMILES string of the molecule is CCCCC(O[N+](=O)[O-])O[N+](=O)[O-]. The minimum Gasteiger partial charge on any atom is -0.283 e. The lowest BCUT2D eigenvalue weighted by Gasteiger charge is -2.10. The van der Waals surface area contributed by atoms with Crippen LogP contribution in [0.3, 0.4) is 0 Å². The van der Waals surface area contributed by atoms with E-state index in [1.807, 2.05) is 6.92 Å². The van der Waals surface area contributed by atoms with Gasteiger partial charge in [0.1, 0.15) is 0 Å². The van der Waals surface area contributed by atoms with Crippen LogP contribution in [0.4, 0.5) is 0 Å². The molecule has 0 fully saturated rings. The Morgan fingerprint density at radius 3 is 2.00 bits per heavy atom. The van der Waals surface area contributed by atoms with Crippen molar-refractivity contribution in [3.8, 4) is 0 Å². The van der Waals surface area contributed by atoms with E-state index in [0.717, 1.165) is 6.42 Å². The fourth-order valence-electron chi connectivity index (χ4n) is 0.687. The van der Waals surface area contributed by atoms with Gasteiger partial charge in [-0.1, -0.05) is 13.3 Å². The van der Waals surface area contributed by atoms with E-state index < -0.39 is 16.5 Å². The molecule has 0 aromatic carbocycles. The molecule has 0 unspecified atom stereocenters. The molecule has 8 nitrogen and oxygen atoms in total. The molecule has 76 valence electrons. The number of unbranched alkanes of at least 4 members (excludes halogenated alkanes) is 1. The number of rotatable bonds is 7. The molecule has 0 saturated heterocycles. The molecule has 0 saturated carbocycles. The summed E-state index contributed by atoms with van der Waals surface area (Å²) >= 11 is 0. The lowest BCUT2D eigenvalue weighted by Crippen LogP contribution is -2.23. The number of hydrogen-bond donors (Lipinski definition) is 0. The van der Waals surface area contributed by atoms with Gasteiger partial charge in [-0.25, -0.2) is 0 Å². The summed E-state index contributed by atoms with van der Waals surface area (Å²) in [5, 5.41) is 17.5. The maximum Gasteiger partial charge on any atom is 0.296 e. The first-order valence-electron chi connectivity index (χ1n) is 3.68. The third-order valence-corrected chi connectivity index (χ3v) is 1.20. The van der Waals surface area contributed by atoms with E-state index in [1.54, 1.807) is 0 Å². The Kier molecular flexibility index (Phi) is 5.24. The van der Waals surface area contributed by atoms with Crippen LogP contribution in [-0.4, -0.2) is 16.5 Å². The van der Waals surface area contributed by atoms with Gasteiger partial charge in [0.2, 0.25) is 0 Å². The zero-order valence-corrected chi connectivity index (χ0v) is 7.04. The molecule has 0 bridgehead atoms. The highest BCUT2D eigenvalue weighted by molar-refractivity contribution is 4.40. The molecular weight excluding hydrogens is 184 g/mol. The van der Waals surface area contributed by atoms with Crippen LogP contribution in [0.2, 0.25) is 0 Å². The van der Waals surface area contributed by atoms with Crippen molar-refractivity contribution in [1.82, 2.24) is 0 Å². The molecule has 8 heteroatoms. The Bertz CT molecular complexity index is 168. The van der Waals surface area contributed by atoms with Gasteiger partial charge in [-0.3, -0.25) is 9.68 Å². The van der Waals surface area contributed by atoms with Crippen LogP contribution in [0.25, 0.3) is 0 Å². The van der Waals surface area contributed by atoms with Gasteiger partial charge in [-0.15, -0.1) is 20.2 Å². The second kappa shape index (κ2) is 5.98. The van der Waals surface area contributed by atoms with E-state index in [4.69, 9.17) is 0 Å². The van der Waals surface area contributed by atoms with Gasteiger partial charge >= 0.3 is 0 Å². The fourth-order valence-corrected chi connectivity index (χ4v) is 0.687. The summed E-state index contributed by atoms with van der Waals surface area (Å²) in [6, 6.07) is 0. The van der Waals surface area contributed by atoms with Gasteiger partial charge in [0, 0.05) is 0 Å². The standard InChI is InChI=1S/C5H10N2O6/c1-2-3-4-5(12-6(8)9)13-7(10)11/h5H,2-4H2,1H3. The van der Waals surface area contributed by atoms with Crippen molar-refractivity contribution < 1.29 is 19.8 Å². The van der Waals surface area contributed by atoms with Crippen molar-refractivity contribution in [2.45, 2.75) is 32.5 Å². The summed E-state index contributed by atoms with van der Waals surface area (Å²) in [5.74, 6) is 0. The normalized spacial score (nSPS) is 9.69. The predicted octanol–water partition coefficient (Wildman–Crippen LogP) is 0.919. The Hall–Kier alpha value is -1.60. The smallest absolute Gasteiger partial charge is 0.283 e. The molecular formula is C5H10N2O6. The van der Waals surface area contributed by atoms with E-state index in [-0.39, 0.29) is 6.42 Å². The van der Waals surface area contributed by atoms with Crippen LogP contribution in [0.15, 0.2) is 0 Å². The maximum absolute atomic E-state index is 9.84. The minimum atomic E-state index is -1.41. The number of hydrogen-bond acceptors (Lipinski definition) is 6. The minimum absolute atomic E-state index is 0.123. The molecule has 0 rings (SSSR count). The van der Waals surface area contributed by atoms with Crippen molar-refractivity contribution in [3.05, 3.63) is 20.2 Å². The van der Waals surface area contributed by atoms with Gasteiger partial charge in [-0.2, -0.15) is 0 Å². The zero-order valence-electron chi connectivity index (χ0n) is 7.04. The third kappa shape index (κ3) is 6.78. The van der Waals surface area contributed by atoms with Crippen LogP contribution in [0.5, 0.6) is 0 Å². The van der Waals surface area contributed by atoms with Crippen LogP contribution in [0.1, 0.15) is 26.2 Å². The Balaban J connectivity index is 3.87. The molecule has 0 aromatic heterocycles. The Labute approximate surface area is 73.6 Å². The molecule has 0 aliphatic carbocycles. The summed E-state index contributed by atoms with van der Waals surface area (Å²) in [6.45, 7) is 1.84. The molecule has 0 atom stereocenters. The lowest BCUT2D eigenvalue weighted by atomic mass is 10.2. The van der Waals surface area contributed by atoms with Crippen molar-refractivity contribution in [2.24, 2.45) is 0 Å². The highest BCUT2D eigenvalue weighted by Gasteiger charge is 2.16. The Morgan fingerprint density at radius 1 is 1.23 bits per heavy atom. The van der Waals surface area contributed by atoms with Gasteiger partial charge in [0.15, 0.2) is 0 Å². The molecule has 0 amide bonds. The van der Waals surface area contributed by atoms with Gasteiger partial charge in [0.05, 0.1) is 0 Å². The van der Waals surface area contributed by atoms with E-state index in [9.17, 15) is 20.2 Å². The first kappa shape index (κ1) is 11.4. The number of nitrogens with zero attached hydrogens (tertiary/aromatic N) is 2. The monoisotopic (exact) mass is 194 g/mol. The average Bonchev–Trinajstić information content (AvgIpc) is 1.98. The lowest BCUT2D eigenvalue weighted by molar-refractivity contribution is -0.851. The molecule has 0 aliphatic heterocycles. The first-order valence-corrected chi connectivity index (χ1v) is 3.68. The van der Waals surface area contributed by atoms with Gasteiger partial charge < -0.3 is 0 Å². The maximum atomic E-state index is 9.84. The van der Waals surface area contributed by atoms with E-state index in [1.165, 1.54) is 0 Å². The summed E-state index contributed by atoms with van der Waals surface area (Å²) in [7, 11) is 0. The highest BCUT2D eigenvalue weighted by atomic mass is 17.0. The molecule has 0 heterocycles. The van der Waals surface area contributed by atoms with E-state index >= 15 is 0 Å². The van der Waals surface area contributed by atoms with Crippen molar-refractivity contribution in [1.29, 1.82) is 0 Å².